The number of anilines is 1. The van der Waals surface area contributed by atoms with Crippen LogP contribution in [-0.4, -0.2) is 5.91 Å². The Hall–Kier alpha value is -1.37. The number of hydrogen-bond donors (Lipinski definition) is 1. The van der Waals surface area contributed by atoms with Crippen LogP contribution in [-0.2, 0) is 0 Å². The Labute approximate surface area is 124 Å². The van der Waals surface area contributed by atoms with Crippen LogP contribution in [0, 0.1) is 30.2 Å². The van der Waals surface area contributed by atoms with Crippen molar-refractivity contribution in [1.29, 1.82) is 0 Å². The van der Waals surface area contributed by atoms with Gasteiger partial charge in [-0.25, -0.2) is 4.39 Å². The van der Waals surface area contributed by atoms with E-state index in [2.05, 4.69) is 5.32 Å². The highest BCUT2D eigenvalue weighted by Gasteiger charge is 2.19. The van der Waals surface area contributed by atoms with E-state index in [0.717, 1.165) is 11.3 Å². The van der Waals surface area contributed by atoms with Crippen LogP contribution in [0.3, 0.4) is 0 Å². The number of rotatable bonds is 2. The molecule has 2 aromatic rings. The van der Waals surface area contributed by atoms with Gasteiger partial charge in [0.1, 0.15) is 17.3 Å². The van der Waals surface area contributed by atoms with Gasteiger partial charge in [0.25, 0.3) is 5.91 Å². The first-order valence-electron chi connectivity index (χ1n) is 5.73. The van der Waals surface area contributed by atoms with Crippen molar-refractivity contribution in [3.63, 3.8) is 0 Å². The lowest BCUT2D eigenvalue weighted by Gasteiger charge is -2.07. The maximum absolute atomic E-state index is 13.0. The Morgan fingerprint density at radius 3 is 2.47 bits per heavy atom. The quantitative estimate of drug-likeness (QED) is 0.802. The highest BCUT2D eigenvalue weighted by atomic mass is 127. The Morgan fingerprint density at radius 1 is 1.26 bits per heavy atom. The van der Waals surface area contributed by atoms with E-state index in [4.69, 9.17) is 4.42 Å². The minimum Gasteiger partial charge on any atom is -0.466 e. The summed E-state index contributed by atoms with van der Waals surface area (Å²) in [6.07, 6.45) is 0. The summed E-state index contributed by atoms with van der Waals surface area (Å²) in [5.41, 5.74) is 1.95. The van der Waals surface area contributed by atoms with E-state index in [1.165, 1.54) is 12.1 Å². The standard InChI is InChI=1S/C14H13FINO2/c1-7-8(2)19-9(3)13(7)14(18)17-12-5-4-10(15)6-11(12)16/h4-6H,1-3H3,(H,17,18). The van der Waals surface area contributed by atoms with Crippen LogP contribution in [0.5, 0.6) is 0 Å². The Bertz CT molecular complexity index is 649. The summed E-state index contributed by atoms with van der Waals surface area (Å²) in [6.45, 7) is 5.42. The summed E-state index contributed by atoms with van der Waals surface area (Å²) in [4.78, 5) is 12.2. The van der Waals surface area contributed by atoms with Crippen LogP contribution >= 0.6 is 22.6 Å². The van der Waals surface area contributed by atoms with Gasteiger partial charge in [-0.05, 0) is 61.6 Å². The van der Waals surface area contributed by atoms with Gasteiger partial charge in [0.05, 0.1) is 11.3 Å². The topological polar surface area (TPSA) is 42.2 Å². The van der Waals surface area contributed by atoms with Gasteiger partial charge in [-0.15, -0.1) is 0 Å². The summed E-state index contributed by atoms with van der Waals surface area (Å²) < 4.78 is 19.1. The average Bonchev–Trinajstić information content (AvgIpc) is 2.57. The van der Waals surface area contributed by atoms with E-state index in [1.807, 2.05) is 36.4 Å². The van der Waals surface area contributed by atoms with Crippen molar-refractivity contribution in [2.45, 2.75) is 20.8 Å². The molecule has 0 atom stereocenters. The third-order valence-corrected chi connectivity index (χ3v) is 3.86. The molecular weight excluding hydrogens is 360 g/mol. The molecule has 2 rings (SSSR count). The second-order valence-corrected chi connectivity index (χ2v) is 5.45. The van der Waals surface area contributed by atoms with Crippen molar-refractivity contribution in [1.82, 2.24) is 0 Å². The van der Waals surface area contributed by atoms with Gasteiger partial charge in [0.2, 0.25) is 0 Å². The molecule has 0 spiro atoms. The number of benzene rings is 1. The molecule has 1 aromatic heterocycles. The molecule has 0 fully saturated rings. The fraction of sp³-hybridized carbons (Fsp3) is 0.214. The molecule has 0 saturated heterocycles. The third kappa shape index (κ3) is 2.80. The molecule has 1 N–H and O–H groups in total. The van der Waals surface area contributed by atoms with Crippen molar-refractivity contribution in [3.8, 4) is 0 Å². The molecule has 0 saturated carbocycles. The largest absolute Gasteiger partial charge is 0.466 e. The first-order valence-corrected chi connectivity index (χ1v) is 6.81. The monoisotopic (exact) mass is 373 g/mol. The lowest BCUT2D eigenvalue weighted by atomic mass is 10.1. The van der Waals surface area contributed by atoms with Crippen molar-refractivity contribution in [2.75, 3.05) is 5.32 Å². The second kappa shape index (κ2) is 5.32. The number of halogens is 2. The van der Waals surface area contributed by atoms with Gasteiger partial charge in [0.15, 0.2) is 0 Å². The van der Waals surface area contributed by atoms with Crippen LogP contribution in [0.15, 0.2) is 22.6 Å². The Morgan fingerprint density at radius 2 is 1.95 bits per heavy atom. The minimum atomic E-state index is -0.325. The predicted molar refractivity (Wildman–Crippen MR) is 80.0 cm³/mol. The molecule has 19 heavy (non-hydrogen) atoms. The Kier molecular flexibility index (Phi) is 3.93. The smallest absolute Gasteiger partial charge is 0.259 e. The number of amides is 1. The molecule has 1 aromatic carbocycles. The molecule has 1 heterocycles. The summed E-state index contributed by atoms with van der Waals surface area (Å²) >= 11 is 1.98. The zero-order valence-electron chi connectivity index (χ0n) is 10.8. The van der Waals surface area contributed by atoms with E-state index < -0.39 is 0 Å². The number of hydrogen-bond acceptors (Lipinski definition) is 2. The van der Waals surface area contributed by atoms with E-state index in [-0.39, 0.29) is 11.7 Å². The molecule has 0 aliphatic heterocycles. The summed E-state index contributed by atoms with van der Waals surface area (Å²) in [6, 6.07) is 4.24. The van der Waals surface area contributed by atoms with Gasteiger partial charge < -0.3 is 9.73 Å². The maximum atomic E-state index is 13.0. The normalized spacial score (nSPS) is 10.6. The number of furan rings is 1. The van der Waals surface area contributed by atoms with E-state index in [0.29, 0.717) is 20.6 Å². The SMILES string of the molecule is Cc1oc(C)c(C(=O)Nc2ccc(F)cc2I)c1C. The van der Waals surface area contributed by atoms with Gasteiger partial charge in [-0.3, -0.25) is 4.79 Å². The average molecular weight is 373 g/mol. The molecule has 3 nitrogen and oxygen atoms in total. The molecule has 0 unspecified atom stereocenters. The maximum Gasteiger partial charge on any atom is 0.259 e. The molecule has 5 heteroatoms. The zero-order chi connectivity index (χ0) is 14.2. The molecular formula is C14H13FINO2. The van der Waals surface area contributed by atoms with Gasteiger partial charge in [-0.2, -0.15) is 0 Å². The highest BCUT2D eigenvalue weighted by molar-refractivity contribution is 14.1. The number of carbonyl (C=O) groups is 1. The lowest BCUT2D eigenvalue weighted by molar-refractivity contribution is 0.102. The van der Waals surface area contributed by atoms with Crippen LogP contribution < -0.4 is 5.32 Å². The van der Waals surface area contributed by atoms with Crippen molar-refractivity contribution in [2.24, 2.45) is 0 Å². The van der Waals surface area contributed by atoms with Crippen LogP contribution in [0.25, 0.3) is 0 Å². The summed E-state index contributed by atoms with van der Waals surface area (Å²) in [7, 11) is 0. The first-order chi connectivity index (χ1) is 8.90. The van der Waals surface area contributed by atoms with Crippen molar-refractivity contribution in [3.05, 3.63) is 50.2 Å². The molecule has 100 valence electrons. The fourth-order valence-corrected chi connectivity index (χ4v) is 2.52. The van der Waals surface area contributed by atoms with E-state index in [9.17, 15) is 9.18 Å². The van der Waals surface area contributed by atoms with Crippen molar-refractivity contribution >= 4 is 34.2 Å². The van der Waals surface area contributed by atoms with E-state index in [1.54, 1.807) is 13.0 Å². The molecule has 0 radical (unpaired) electrons. The second-order valence-electron chi connectivity index (χ2n) is 4.29. The summed E-state index contributed by atoms with van der Waals surface area (Å²) in [5.74, 6) is 0.756. The number of carbonyl (C=O) groups excluding carboxylic acids is 1. The fourth-order valence-electron chi connectivity index (χ4n) is 1.90. The number of nitrogens with one attached hydrogen (secondary N) is 1. The molecule has 1 amide bonds. The van der Waals surface area contributed by atoms with Crippen LogP contribution in [0.1, 0.15) is 27.4 Å². The summed E-state index contributed by atoms with van der Waals surface area (Å²) in [5, 5.41) is 2.78. The Balaban J connectivity index is 2.31. The number of aryl methyl sites for hydroxylation is 2. The van der Waals surface area contributed by atoms with Crippen molar-refractivity contribution < 1.29 is 13.6 Å². The van der Waals surface area contributed by atoms with Gasteiger partial charge >= 0.3 is 0 Å². The molecule has 0 aliphatic rings. The van der Waals surface area contributed by atoms with Gasteiger partial charge in [-0.1, -0.05) is 0 Å². The highest BCUT2D eigenvalue weighted by Crippen LogP contribution is 2.24. The third-order valence-electron chi connectivity index (χ3n) is 2.97. The van der Waals surface area contributed by atoms with E-state index >= 15 is 0 Å². The van der Waals surface area contributed by atoms with Gasteiger partial charge in [0, 0.05) is 9.13 Å². The minimum absolute atomic E-state index is 0.239. The molecule has 0 aliphatic carbocycles. The zero-order valence-corrected chi connectivity index (χ0v) is 13.0. The van der Waals surface area contributed by atoms with Crippen LogP contribution in [0.4, 0.5) is 10.1 Å². The van der Waals surface area contributed by atoms with Crippen LogP contribution in [0.2, 0.25) is 0 Å². The predicted octanol–water partition coefficient (Wildman–Crippen LogP) is 4.20. The first kappa shape index (κ1) is 14.0. The lowest BCUT2D eigenvalue weighted by Crippen LogP contribution is -2.14. The molecule has 0 bridgehead atoms.